The van der Waals surface area contributed by atoms with Gasteiger partial charge in [-0.1, -0.05) is 338 Å². The highest BCUT2D eigenvalue weighted by Crippen LogP contribution is 2.45. The van der Waals surface area contributed by atoms with Crippen molar-refractivity contribution in [1.29, 1.82) is 0 Å². The summed E-state index contributed by atoms with van der Waals surface area (Å²) < 4.78 is 68.6. The Balaban J connectivity index is 5.25. The molecular formula is C77H150O17P2. The Morgan fingerprint density at radius 1 is 0.292 bits per heavy atom. The van der Waals surface area contributed by atoms with Gasteiger partial charge in [0.05, 0.1) is 26.4 Å². The minimum atomic E-state index is -4.96. The number of phosphoric ester groups is 2. The van der Waals surface area contributed by atoms with Crippen LogP contribution < -0.4 is 0 Å². The van der Waals surface area contributed by atoms with Gasteiger partial charge in [0.15, 0.2) is 12.2 Å². The third kappa shape index (κ3) is 69.2. The molecule has 0 aliphatic heterocycles. The lowest BCUT2D eigenvalue weighted by Crippen LogP contribution is -2.30. The molecule has 0 fully saturated rings. The van der Waals surface area contributed by atoms with Crippen molar-refractivity contribution in [3.63, 3.8) is 0 Å². The van der Waals surface area contributed by atoms with E-state index in [2.05, 4.69) is 55.4 Å². The Bertz CT molecular complexity index is 1890. The standard InChI is InChI=1S/C77H150O17P2/c1-9-70(8)56-48-40-32-24-17-12-10-11-13-18-25-33-41-49-57-74(79)87-63-72(93-76(81)59-51-43-34-26-19-15-14-16-22-29-37-45-53-67(2)3)65-91-95(83,84)89-61-71(78)62-90-96(85,86)92-66-73(64-88-75(80)58-50-42-36-28-31-39-47-55-69(6)7)94-77(82)60-52-44-35-27-21-20-23-30-38-46-54-68(4)5/h67-73,78H,9-66H2,1-8H3,(H,83,84)(H,85,86)/t70?,71?,72-,73-/m1/s1. The molecule has 0 saturated carbocycles. The van der Waals surface area contributed by atoms with Gasteiger partial charge in [-0.3, -0.25) is 37.3 Å². The third-order valence-electron chi connectivity index (χ3n) is 18.2. The summed E-state index contributed by atoms with van der Waals surface area (Å²) in [5, 5.41) is 10.6. The Hall–Kier alpha value is -1.94. The number of aliphatic hydroxyl groups is 1. The van der Waals surface area contributed by atoms with Crippen LogP contribution in [0.1, 0.15) is 389 Å². The molecule has 6 atom stereocenters. The van der Waals surface area contributed by atoms with Crippen LogP contribution in [0.5, 0.6) is 0 Å². The second-order valence-corrected chi connectivity index (χ2v) is 32.3. The number of aliphatic hydroxyl groups excluding tert-OH is 1. The summed E-state index contributed by atoms with van der Waals surface area (Å²) >= 11 is 0. The number of esters is 4. The molecule has 96 heavy (non-hydrogen) atoms. The van der Waals surface area contributed by atoms with Crippen molar-refractivity contribution in [2.75, 3.05) is 39.6 Å². The average molecular weight is 1410 g/mol. The number of hydrogen-bond acceptors (Lipinski definition) is 15. The maximum Gasteiger partial charge on any atom is 0.472 e. The monoisotopic (exact) mass is 1410 g/mol. The van der Waals surface area contributed by atoms with Gasteiger partial charge >= 0.3 is 39.5 Å². The molecule has 0 amide bonds. The Morgan fingerprint density at radius 2 is 0.500 bits per heavy atom. The summed E-state index contributed by atoms with van der Waals surface area (Å²) in [5.74, 6) is 0.964. The van der Waals surface area contributed by atoms with Gasteiger partial charge < -0.3 is 33.8 Å². The molecule has 0 aromatic carbocycles. The Labute approximate surface area is 588 Å². The van der Waals surface area contributed by atoms with Crippen LogP contribution in [-0.4, -0.2) is 96.7 Å². The molecule has 0 saturated heterocycles. The van der Waals surface area contributed by atoms with E-state index in [1.54, 1.807) is 0 Å². The maximum absolute atomic E-state index is 13.1. The third-order valence-corrected chi connectivity index (χ3v) is 20.1. The van der Waals surface area contributed by atoms with Gasteiger partial charge in [-0.2, -0.15) is 0 Å². The fraction of sp³-hybridized carbons (Fsp3) is 0.948. The van der Waals surface area contributed by atoms with Gasteiger partial charge in [0.2, 0.25) is 0 Å². The molecule has 17 nitrogen and oxygen atoms in total. The normalized spacial score (nSPS) is 14.4. The van der Waals surface area contributed by atoms with E-state index in [4.69, 9.17) is 37.0 Å². The number of unbranched alkanes of at least 4 members (excludes halogenated alkanes) is 39. The molecule has 4 unspecified atom stereocenters. The summed E-state index contributed by atoms with van der Waals surface area (Å²) in [6.45, 7) is 14.2. The van der Waals surface area contributed by atoms with E-state index in [-0.39, 0.29) is 25.7 Å². The van der Waals surface area contributed by atoms with Crippen molar-refractivity contribution in [2.24, 2.45) is 23.7 Å². The van der Waals surface area contributed by atoms with E-state index < -0.39 is 97.5 Å². The highest BCUT2D eigenvalue weighted by molar-refractivity contribution is 7.47. The number of carbonyl (C=O) groups excluding carboxylic acids is 4. The lowest BCUT2D eigenvalue weighted by Gasteiger charge is -2.21. The number of rotatable bonds is 74. The molecule has 0 radical (unpaired) electrons. The average Bonchev–Trinajstić information content (AvgIpc) is 3.11. The number of phosphoric acid groups is 2. The zero-order valence-electron chi connectivity index (χ0n) is 63.0. The SMILES string of the molecule is CCC(C)CCCCCCCCCCCCCCCCC(=O)OC[C@H](COP(=O)(O)OCC(O)COP(=O)(O)OC[C@@H](COC(=O)CCCCCCCCCC(C)C)OC(=O)CCCCCCCCCCCCC(C)C)OC(=O)CCCCCCCCCCCCCCC(C)C. The van der Waals surface area contributed by atoms with Gasteiger partial charge in [-0.05, 0) is 49.4 Å². The summed E-state index contributed by atoms with van der Waals surface area (Å²) in [7, 11) is -9.91. The molecule has 0 aromatic rings. The van der Waals surface area contributed by atoms with Crippen molar-refractivity contribution in [1.82, 2.24) is 0 Å². The van der Waals surface area contributed by atoms with E-state index in [9.17, 15) is 43.2 Å². The first kappa shape index (κ1) is 94.1. The number of carbonyl (C=O) groups is 4. The molecule has 3 N–H and O–H groups in total. The van der Waals surface area contributed by atoms with Crippen molar-refractivity contribution in [3.05, 3.63) is 0 Å². The summed E-state index contributed by atoms with van der Waals surface area (Å²) in [4.78, 5) is 72.8. The van der Waals surface area contributed by atoms with Gasteiger partial charge in [-0.25, -0.2) is 9.13 Å². The van der Waals surface area contributed by atoms with Crippen LogP contribution in [-0.2, 0) is 65.4 Å². The van der Waals surface area contributed by atoms with Gasteiger partial charge in [0.1, 0.15) is 19.3 Å². The molecular weight excluding hydrogens is 1260 g/mol. The first-order valence-electron chi connectivity index (χ1n) is 39.7. The van der Waals surface area contributed by atoms with Gasteiger partial charge in [0.25, 0.3) is 0 Å². The molecule has 0 aliphatic rings. The van der Waals surface area contributed by atoms with Crippen molar-refractivity contribution in [3.8, 4) is 0 Å². The number of ether oxygens (including phenoxy) is 4. The Morgan fingerprint density at radius 3 is 0.740 bits per heavy atom. The van der Waals surface area contributed by atoms with Crippen LogP contribution in [0.25, 0.3) is 0 Å². The van der Waals surface area contributed by atoms with E-state index in [0.717, 1.165) is 114 Å². The smallest absolute Gasteiger partial charge is 0.462 e. The van der Waals surface area contributed by atoms with Crippen molar-refractivity contribution < 1.29 is 80.2 Å². The molecule has 0 rings (SSSR count). The van der Waals surface area contributed by atoms with Gasteiger partial charge in [0, 0.05) is 25.7 Å². The van der Waals surface area contributed by atoms with E-state index in [0.29, 0.717) is 31.6 Å². The van der Waals surface area contributed by atoms with E-state index in [1.807, 2.05) is 0 Å². The Kier molecular flexibility index (Phi) is 65.0. The predicted molar refractivity (Wildman–Crippen MR) is 391 cm³/mol. The molecule has 0 bridgehead atoms. The largest absolute Gasteiger partial charge is 0.472 e. The lowest BCUT2D eigenvalue weighted by atomic mass is 9.99. The van der Waals surface area contributed by atoms with Crippen LogP contribution in [0, 0.1) is 23.7 Å². The topological polar surface area (TPSA) is 237 Å². The van der Waals surface area contributed by atoms with Crippen LogP contribution in [0.2, 0.25) is 0 Å². The molecule has 0 aliphatic carbocycles. The van der Waals surface area contributed by atoms with Crippen LogP contribution in [0.4, 0.5) is 0 Å². The molecule has 0 heterocycles. The van der Waals surface area contributed by atoms with Crippen molar-refractivity contribution in [2.45, 2.75) is 408 Å². The van der Waals surface area contributed by atoms with Crippen LogP contribution >= 0.6 is 15.6 Å². The minimum absolute atomic E-state index is 0.105. The first-order chi connectivity index (χ1) is 46.1. The van der Waals surface area contributed by atoms with Crippen LogP contribution in [0.3, 0.4) is 0 Å². The lowest BCUT2D eigenvalue weighted by molar-refractivity contribution is -0.161. The minimum Gasteiger partial charge on any atom is -0.462 e. The van der Waals surface area contributed by atoms with E-state index >= 15 is 0 Å². The summed E-state index contributed by atoms with van der Waals surface area (Å²) in [6, 6.07) is 0. The fourth-order valence-corrected chi connectivity index (χ4v) is 13.3. The highest BCUT2D eigenvalue weighted by Gasteiger charge is 2.30. The molecule has 0 spiro atoms. The molecule has 19 heteroatoms. The number of hydrogen-bond donors (Lipinski definition) is 3. The van der Waals surface area contributed by atoms with Crippen LogP contribution in [0.15, 0.2) is 0 Å². The second-order valence-electron chi connectivity index (χ2n) is 29.4. The molecule has 0 aromatic heterocycles. The first-order valence-corrected chi connectivity index (χ1v) is 42.7. The zero-order valence-corrected chi connectivity index (χ0v) is 64.8. The zero-order chi connectivity index (χ0) is 71.0. The van der Waals surface area contributed by atoms with E-state index in [1.165, 1.54) is 186 Å². The fourth-order valence-electron chi connectivity index (χ4n) is 11.7. The maximum atomic E-state index is 13.1. The predicted octanol–water partition coefficient (Wildman–Crippen LogP) is 22.4. The quantitative estimate of drug-likeness (QED) is 0.0222. The molecule has 570 valence electrons. The second kappa shape index (κ2) is 66.3. The highest BCUT2D eigenvalue weighted by atomic mass is 31.2. The summed E-state index contributed by atoms with van der Waals surface area (Å²) in [6.07, 6.45) is 51.3. The van der Waals surface area contributed by atoms with Crippen molar-refractivity contribution >= 4 is 39.5 Å². The summed E-state index contributed by atoms with van der Waals surface area (Å²) in [5.41, 5.74) is 0. The van der Waals surface area contributed by atoms with Gasteiger partial charge in [-0.15, -0.1) is 0 Å².